The van der Waals surface area contributed by atoms with Gasteiger partial charge in [-0.15, -0.1) is 0 Å². The average molecular weight is 387 g/mol. The molecule has 0 unspecified atom stereocenters. The Balaban J connectivity index is 2.58. The predicted octanol–water partition coefficient (Wildman–Crippen LogP) is 3.57. The number of hydrogen-bond donors (Lipinski definition) is 1. The van der Waals surface area contributed by atoms with E-state index < -0.39 is 38.4 Å². The van der Waals surface area contributed by atoms with E-state index in [9.17, 15) is 34.8 Å². The molecule has 12 heteroatoms. The zero-order valence-electron chi connectivity index (χ0n) is 12.7. The largest absolute Gasteiger partial charge is 0.416 e. The molecule has 0 spiro atoms. The molecule has 0 amide bonds. The monoisotopic (exact) mass is 387 g/mol. The summed E-state index contributed by atoms with van der Waals surface area (Å²) < 4.78 is 104. The van der Waals surface area contributed by atoms with Crippen molar-refractivity contribution in [1.29, 1.82) is 0 Å². The Bertz CT molecular complexity index is 867. The van der Waals surface area contributed by atoms with Crippen molar-refractivity contribution in [2.75, 3.05) is 4.72 Å². The zero-order chi connectivity index (χ0) is 19.2. The van der Waals surface area contributed by atoms with Crippen LogP contribution >= 0.6 is 0 Å². The van der Waals surface area contributed by atoms with Crippen LogP contribution in [0.1, 0.15) is 16.8 Å². The van der Waals surface area contributed by atoms with Crippen molar-refractivity contribution < 1.29 is 34.8 Å². The Kier molecular flexibility index (Phi) is 4.53. The maximum Gasteiger partial charge on any atom is 0.416 e. The molecule has 2 rings (SSSR count). The van der Waals surface area contributed by atoms with Gasteiger partial charge in [0.25, 0.3) is 10.0 Å². The van der Waals surface area contributed by atoms with E-state index in [2.05, 4.69) is 5.10 Å². The van der Waals surface area contributed by atoms with Gasteiger partial charge in [0.2, 0.25) is 0 Å². The number of hydrogen-bond acceptors (Lipinski definition) is 3. The summed E-state index contributed by atoms with van der Waals surface area (Å²) in [7, 11) is -3.34. The van der Waals surface area contributed by atoms with Crippen LogP contribution in [0.4, 0.5) is 32.2 Å². The molecule has 0 aliphatic rings. The molecule has 0 atom stereocenters. The molecule has 5 nitrogen and oxygen atoms in total. The smallest absolute Gasteiger partial charge is 0.264 e. The zero-order valence-corrected chi connectivity index (χ0v) is 13.5. The summed E-state index contributed by atoms with van der Waals surface area (Å²) in [5.41, 5.74) is -3.03. The minimum absolute atomic E-state index is 0.108. The van der Waals surface area contributed by atoms with Gasteiger partial charge in [0.05, 0.1) is 21.7 Å². The highest BCUT2D eigenvalue weighted by molar-refractivity contribution is 7.92. The Morgan fingerprint density at radius 1 is 0.960 bits per heavy atom. The van der Waals surface area contributed by atoms with Crippen LogP contribution in [0, 0.1) is 6.92 Å². The average Bonchev–Trinajstić information content (AvgIpc) is 2.73. The topological polar surface area (TPSA) is 64.0 Å². The van der Waals surface area contributed by atoms with E-state index in [4.69, 9.17) is 0 Å². The van der Waals surface area contributed by atoms with Crippen LogP contribution in [0.25, 0.3) is 0 Å². The third-order valence-electron chi connectivity index (χ3n) is 3.11. The van der Waals surface area contributed by atoms with Crippen LogP contribution in [0.15, 0.2) is 29.2 Å². The number of nitrogens with zero attached hydrogens (tertiary/aromatic N) is 2. The molecule has 0 aliphatic heterocycles. The number of alkyl halides is 6. The Labute approximate surface area is 138 Å². The van der Waals surface area contributed by atoms with Crippen LogP contribution < -0.4 is 4.72 Å². The normalized spacial score (nSPS) is 13.1. The van der Waals surface area contributed by atoms with Crippen LogP contribution in [0.3, 0.4) is 0 Å². The lowest BCUT2D eigenvalue weighted by Gasteiger charge is -2.15. The van der Waals surface area contributed by atoms with E-state index in [1.807, 2.05) is 4.72 Å². The van der Waals surface area contributed by atoms with Crippen LogP contribution in [0.5, 0.6) is 0 Å². The van der Waals surface area contributed by atoms with E-state index in [0.29, 0.717) is 5.69 Å². The summed E-state index contributed by atoms with van der Waals surface area (Å²) in [6.07, 6.45) is -10.3. The molecule has 1 heterocycles. The number of rotatable bonds is 3. The number of nitrogens with one attached hydrogen (secondary N) is 1. The fourth-order valence-electron chi connectivity index (χ4n) is 1.98. The maximum absolute atomic E-state index is 12.8. The SMILES string of the molecule is Cc1cc(NS(=O)(=O)c2cc(C(F)(F)F)cc(C(F)(F)F)c2)n(C)n1. The number of anilines is 1. The molecule has 0 saturated carbocycles. The first kappa shape index (κ1) is 19.1. The van der Waals surface area contributed by atoms with Crippen LogP contribution in [0.2, 0.25) is 0 Å². The number of halogens is 6. The summed E-state index contributed by atoms with van der Waals surface area (Å²) in [4.78, 5) is -1.16. The number of sulfonamides is 1. The standard InChI is InChI=1S/C13H11F6N3O2S/c1-7-3-11(22(2)20-7)21-25(23,24)10-5-8(12(14,15)16)4-9(6-10)13(17,18)19/h3-6,21H,1-2H3. The Morgan fingerprint density at radius 3 is 1.80 bits per heavy atom. The van der Waals surface area contributed by atoms with Gasteiger partial charge < -0.3 is 0 Å². The van der Waals surface area contributed by atoms with Crippen LogP contribution in [-0.4, -0.2) is 18.2 Å². The number of aryl methyl sites for hydroxylation is 2. The van der Waals surface area contributed by atoms with Gasteiger partial charge in [0, 0.05) is 13.1 Å². The molecular weight excluding hydrogens is 376 g/mol. The van der Waals surface area contributed by atoms with E-state index in [1.54, 1.807) is 0 Å². The minimum atomic E-state index is -5.14. The predicted molar refractivity (Wildman–Crippen MR) is 75.2 cm³/mol. The van der Waals surface area contributed by atoms with Gasteiger partial charge in [-0.3, -0.25) is 9.40 Å². The Hall–Kier alpha value is -2.24. The fourth-order valence-corrected chi connectivity index (χ4v) is 3.13. The van der Waals surface area contributed by atoms with Gasteiger partial charge in [0.15, 0.2) is 0 Å². The second kappa shape index (κ2) is 5.93. The number of aromatic nitrogens is 2. The third-order valence-corrected chi connectivity index (χ3v) is 4.45. The summed E-state index contributed by atoms with van der Waals surface area (Å²) >= 11 is 0. The molecule has 138 valence electrons. The lowest BCUT2D eigenvalue weighted by atomic mass is 10.1. The van der Waals surface area contributed by atoms with E-state index in [-0.39, 0.29) is 24.0 Å². The van der Waals surface area contributed by atoms with Crippen LogP contribution in [-0.2, 0) is 29.4 Å². The summed E-state index contributed by atoms with van der Waals surface area (Å²) in [5, 5.41) is 3.83. The molecule has 1 aromatic heterocycles. The lowest BCUT2D eigenvalue weighted by Crippen LogP contribution is -2.18. The van der Waals surface area contributed by atoms with Gasteiger partial charge >= 0.3 is 12.4 Å². The molecule has 1 aromatic carbocycles. The molecule has 0 fully saturated rings. The first-order chi connectivity index (χ1) is 11.2. The molecule has 0 radical (unpaired) electrons. The third kappa shape index (κ3) is 4.24. The molecular formula is C13H11F6N3O2S. The molecule has 0 bridgehead atoms. The van der Waals surface area contributed by atoms with E-state index >= 15 is 0 Å². The molecule has 2 aromatic rings. The van der Waals surface area contributed by atoms with Gasteiger partial charge in [0.1, 0.15) is 5.82 Å². The van der Waals surface area contributed by atoms with E-state index in [1.165, 1.54) is 20.0 Å². The summed E-state index contributed by atoms with van der Waals surface area (Å²) in [5.74, 6) is -0.108. The first-order valence-corrected chi connectivity index (χ1v) is 8.01. The summed E-state index contributed by atoms with van der Waals surface area (Å²) in [6, 6.07) is 1.41. The highest BCUT2D eigenvalue weighted by Crippen LogP contribution is 2.37. The minimum Gasteiger partial charge on any atom is -0.264 e. The van der Waals surface area contributed by atoms with Crippen molar-refractivity contribution in [1.82, 2.24) is 9.78 Å². The molecule has 1 N–H and O–H groups in total. The molecule has 0 aliphatic carbocycles. The van der Waals surface area contributed by atoms with Crippen molar-refractivity contribution in [3.63, 3.8) is 0 Å². The second-order valence-corrected chi connectivity index (χ2v) is 6.82. The van der Waals surface area contributed by atoms with Crippen molar-refractivity contribution in [3.05, 3.63) is 41.1 Å². The first-order valence-electron chi connectivity index (χ1n) is 6.53. The van der Waals surface area contributed by atoms with Crippen molar-refractivity contribution in [3.8, 4) is 0 Å². The van der Waals surface area contributed by atoms with Crippen molar-refractivity contribution in [2.45, 2.75) is 24.2 Å². The van der Waals surface area contributed by atoms with Gasteiger partial charge in [-0.1, -0.05) is 0 Å². The van der Waals surface area contributed by atoms with Gasteiger partial charge in [-0.25, -0.2) is 8.42 Å². The maximum atomic E-state index is 12.8. The van der Waals surface area contributed by atoms with Crippen molar-refractivity contribution in [2.24, 2.45) is 7.05 Å². The highest BCUT2D eigenvalue weighted by atomic mass is 32.2. The van der Waals surface area contributed by atoms with Crippen molar-refractivity contribution >= 4 is 15.8 Å². The van der Waals surface area contributed by atoms with Gasteiger partial charge in [-0.05, 0) is 25.1 Å². The number of benzene rings is 1. The van der Waals surface area contributed by atoms with E-state index in [0.717, 1.165) is 4.68 Å². The second-order valence-electron chi connectivity index (χ2n) is 5.14. The molecule has 25 heavy (non-hydrogen) atoms. The lowest BCUT2D eigenvalue weighted by molar-refractivity contribution is -0.143. The van der Waals surface area contributed by atoms with Gasteiger partial charge in [-0.2, -0.15) is 31.4 Å². The quantitative estimate of drug-likeness (QED) is 0.819. The summed E-state index contributed by atoms with van der Waals surface area (Å²) in [6.45, 7) is 1.53. The highest BCUT2D eigenvalue weighted by Gasteiger charge is 2.38. The Morgan fingerprint density at radius 2 is 1.44 bits per heavy atom. The fraction of sp³-hybridized carbons (Fsp3) is 0.308. The molecule has 0 saturated heterocycles.